The minimum absolute atomic E-state index is 0. The Labute approximate surface area is 140 Å². The average Bonchev–Trinajstić information content (AvgIpc) is 2.40. The van der Waals surface area contributed by atoms with Crippen molar-refractivity contribution in [3.63, 3.8) is 0 Å². The third-order valence-electron chi connectivity index (χ3n) is 2.34. The predicted octanol–water partition coefficient (Wildman–Crippen LogP) is -0.731. The van der Waals surface area contributed by atoms with Gasteiger partial charge in [0.15, 0.2) is 0 Å². The van der Waals surface area contributed by atoms with Crippen LogP contribution in [0.3, 0.4) is 0 Å². The Morgan fingerprint density at radius 1 is 1.00 bits per heavy atom. The van der Waals surface area contributed by atoms with Crippen LogP contribution in [0.1, 0.15) is 11.8 Å². The summed E-state index contributed by atoms with van der Waals surface area (Å²) in [6.45, 7) is 0. The van der Waals surface area contributed by atoms with Gasteiger partial charge in [-0.2, -0.15) is 8.42 Å². The van der Waals surface area contributed by atoms with Gasteiger partial charge in [-0.1, -0.05) is 18.2 Å². The standard InChI is InChI=1S/C13H10O5S.Na.H/c14-13(15)10-6-8-11(9-7-10)18-19(16,17)12-4-2-1-3-5-12;;/h1-9H,(H,14,15);;/q;+1;-1. The molecule has 0 spiro atoms. The Hall–Kier alpha value is -1.34. The van der Waals surface area contributed by atoms with Crippen LogP contribution in [-0.2, 0) is 10.1 Å². The number of hydrogen-bond acceptors (Lipinski definition) is 4. The molecule has 0 aliphatic heterocycles. The first-order valence-electron chi connectivity index (χ1n) is 5.32. The minimum Gasteiger partial charge on any atom is -1.00 e. The zero-order valence-corrected chi connectivity index (χ0v) is 13.5. The van der Waals surface area contributed by atoms with Gasteiger partial charge in [-0.15, -0.1) is 0 Å². The van der Waals surface area contributed by atoms with Crippen molar-refractivity contribution in [2.45, 2.75) is 4.90 Å². The van der Waals surface area contributed by atoms with Crippen molar-refractivity contribution in [3.8, 4) is 5.75 Å². The molecule has 0 aliphatic rings. The monoisotopic (exact) mass is 302 g/mol. The molecule has 0 unspecified atom stereocenters. The van der Waals surface area contributed by atoms with Crippen molar-refractivity contribution in [2.24, 2.45) is 0 Å². The summed E-state index contributed by atoms with van der Waals surface area (Å²) >= 11 is 0. The van der Waals surface area contributed by atoms with Crippen molar-refractivity contribution in [3.05, 3.63) is 60.2 Å². The smallest absolute Gasteiger partial charge is 1.00 e. The molecule has 20 heavy (non-hydrogen) atoms. The average molecular weight is 302 g/mol. The summed E-state index contributed by atoms with van der Waals surface area (Å²) in [4.78, 5) is 10.7. The summed E-state index contributed by atoms with van der Waals surface area (Å²) < 4.78 is 28.7. The zero-order valence-electron chi connectivity index (χ0n) is 11.7. The molecule has 2 rings (SSSR count). The Morgan fingerprint density at radius 2 is 1.55 bits per heavy atom. The van der Waals surface area contributed by atoms with Gasteiger partial charge < -0.3 is 10.7 Å². The van der Waals surface area contributed by atoms with E-state index in [1.54, 1.807) is 18.2 Å². The van der Waals surface area contributed by atoms with Crippen molar-refractivity contribution >= 4 is 16.1 Å². The Balaban J connectivity index is 0.00000200. The van der Waals surface area contributed by atoms with Crippen LogP contribution in [0.2, 0.25) is 0 Å². The first kappa shape index (κ1) is 16.7. The van der Waals surface area contributed by atoms with Crippen molar-refractivity contribution in [1.29, 1.82) is 0 Å². The first-order chi connectivity index (χ1) is 8.99. The topological polar surface area (TPSA) is 80.7 Å². The van der Waals surface area contributed by atoms with Crippen LogP contribution in [0.25, 0.3) is 0 Å². The largest absolute Gasteiger partial charge is 1.00 e. The molecule has 0 saturated heterocycles. The molecule has 0 heterocycles. The van der Waals surface area contributed by atoms with E-state index in [0.717, 1.165) is 0 Å². The Kier molecular flexibility index (Phi) is 5.76. The van der Waals surface area contributed by atoms with E-state index >= 15 is 0 Å². The van der Waals surface area contributed by atoms with Crippen LogP contribution < -0.4 is 33.7 Å². The fraction of sp³-hybridized carbons (Fsp3) is 0. The van der Waals surface area contributed by atoms with E-state index < -0.39 is 16.1 Å². The predicted molar refractivity (Wildman–Crippen MR) is 68.8 cm³/mol. The maximum atomic E-state index is 11.9. The second kappa shape index (κ2) is 6.90. The molecular formula is C13H11NaO5S. The molecule has 0 aliphatic carbocycles. The van der Waals surface area contributed by atoms with Crippen molar-refractivity contribution in [1.82, 2.24) is 0 Å². The fourth-order valence-corrected chi connectivity index (χ4v) is 2.37. The van der Waals surface area contributed by atoms with Gasteiger partial charge in [-0.25, -0.2) is 4.79 Å². The molecule has 0 fully saturated rings. The van der Waals surface area contributed by atoms with E-state index in [4.69, 9.17) is 9.29 Å². The van der Waals surface area contributed by atoms with Gasteiger partial charge in [0.05, 0.1) is 5.56 Å². The van der Waals surface area contributed by atoms with Gasteiger partial charge in [0.2, 0.25) is 0 Å². The van der Waals surface area contributed by atoms with Crippen LogP contribution in [0.15, 0.2) is 59.5 Å². The summed E-state index contributed by atoms with van der Waals surface area (Å²) in [5.41, 5.74) is 0.0597. The number of rotatable bonds is 4. The zero-order chi connectivity index (χ0) is 13.9. The van der Waals surface area contributed by atoms with Crippen LogP contribution in [-0.4, -0.2) is 19.5 Å². The van der Waals surface area contributed by atoms with Gasteiger partial charge in [0.25, 0.3) is 0 Å². The molecule has 0 amide bonds. The van der Waals surface area contributed by atoms with E-state index in [1.165, 1.54) is 36.4 Å². The van der Waals surface area contributed by atoms with Crippen LogP contribution in [0, 0.1) is 0 Å². The molecular weight excluding hydrogens is 291 g/mol. The summed E-state index contributed by atoms with van der Waals surface area (Å²) in [6.07, 6.45) is 0. The van der Waals surface area contributed by atoms with E-state index in [9.17, 15) is 13.2 Å². The van der Waals surface area contributed by atoms with Crippen LogP contribution in [0.4, 0.5) is 0 Å². The molecule has 5 nitrogen and oxygen atoms in total. The van der Waals surface area contributed by atoms with Gasteiger partial charge in [0, 0.05) is 0 Å². The number of carboxylic acid groups (broad SMARTS) is 1. The molecule has 0 bridgehead atoms. The van der Waals surface area contributed by atoms with Crippen LogP contribution >= 0.6 is 0 Å². The molecule has 0 saturated carbocycles. The molecule has 7 heteroatoms. The maximum Gasteiger partial charge on any atom is 1.00 e. The summed E-state index contributed by atoms with van der Waals surface area (Å²) in [5, 5.41) is 8.73. The molecule has 1 N–H and O–H groups in total. The Morgan fingerprint density at radius 3 is 2.05 bits per heavy atom. The quantitative estimate of drug-likeness (QED) is 0.595. The number of benzene rings is 2. The SMILES string of the molecule is O=C(O)c1ccc(OS(=O)(=O)c2ccccc2)cc1.[H-].[Na+]. The van der Waals surface area contributed by atoms with Gasteiger partial charge in [-0.05, 0) is 36.4 Å². The summed E-state index contributed by atoms with van der Waals surface area (Å²) in [5.74, 6) is -1.02. The second-order valence-corrected chi connectivity index (χ2v) is 5.23. The van der Waals surface area contributed by atoms with Gasteiger partial charge in [0.1, 0.15) is 10.6 Å². The maximum absolute atomic E-state index is 11.9. The molecule has 0 aromatic heterocycles. The normalized spacial score (nSPS) is 10.4. The number of aromatic carboxylic acids is 1. The Bertz CT molecular complexity index is 686. The molecule has 2 aromatic rings. The third kappa shape index (κ3) is 4.08. The van der Waals surface area contributed by atoms with E-state index in [1.807, 2.05) is 0 Å². The van der Waals surface area contributed by atoms with Gasteiger partial charge >= 0.3 is 45.6 Å². The van der Waals surface area contributed by atoms with E-state index in [-0.39, 0.29) is 47.2 Å². The van der Waals surface area contributed by atoms with Gasteiger partial charge in [-0.3, -0.25) is 0 Å². The number of carboxylic acids is 1. The molecule has 100 valence electrons. The first-order valence-corrected chi connectivity index (χ1v) is 6.73. The molecule has 0 radical (unpaired) electrons. The van der Waals surface area contributed by atoms with E-state index in [2.05, 4.69) is 0 Å². The second-order valence-electron chi connectivity index (χ2n) is 3.68. The number of carbonyl (C=O) groups is 1. The molecule has 2 aromatic carbocycles. The summed E-state index contributed by atoms with van der Waals surface area (Å²) in [6, 6.07) is 12.8. The van der Waals surface area contributed by atoms with Crippen molar-refractivity contribution in [2.75, 3.05) is 0 Å². The van der Waals surface area contributed by atoms with Crippen LogP contribution in [0.5, 0.6) is 5.75 Å². The van der Waals surface area contributed by atoms with Crippen molar-refractivity contribution < 1.29 is 53.5 Å². The van der Waals surface area contributed by atoms with E-state index in [0.29, 0.717) is 0 Å². The number of hydrogen-bond donors (Lipinski definition) is 1. The molecule has 0 atom stereocenters. The summed E-state index contributed by atoms with van der Waals surface area (Å²) in [7, 11) is -3.89. The minimum atomic E-state index is -3.89. The third-order valence-corrected chi connectivity index (χ3v) is 3.60. The fourth-order valence-electron chi connectivity index (χ4n) is 1.42.